The van der Waals surface area contributed by atoms with Crippen molar-refractivity contribution >= 4 is 22.9 Å². The lowest BCUT2D eigenvalue weighted by Crippen LogP contribution is -2.19. The van der Waals surface area contributed by atoms with Gasteiger partial charge in [0.25, 0.3) is 0 Å². The molecule has 134 valence electrons. The number of nitrogens with zero attached hydrogens (tertiary/aromatic N) is 6. The van der Waals surface area contributed by atoms with E-state index in [1.807, 2.05) is 50.6 Å². The van der Waals surface area contributed by atoms with E-state index in [0.717, 1.165) is 29.0 Å². The minimum absolute atomic E-state index is 0.669. The zero-order valence-corrected chi connectivity index (χ0v) is 15.3. The van der Waals surface area contributed by atoms with Crippen LogP contribution >= 0.6 is 0 Å². The predicted molar refractivity (Wildman–Crippen MR) is 108 cm³/mol. The molecule has 0 aliphatic rings. The van der Waals surface area contributed by atoms with Crippen LogP contribution < -0.4 is 4.90 Å². The number of benzene rings is 1. The van der Waals surface area contributed by atoms with Gasteiger partial charge in [-0.1, -0.05) is 42.5 Å². The highest BCUT2D eigenvalue weighted by atomic mass is 15.3. The van der Waals surface area contributed by atoms with Crippen molar-refractivity contribution in [2.75, 3.05) is 18.5 Å². The zero-order valence-electron chi connectivity index (χ0n) is 15.3. The highest BCUT2D eigenvalue weighted by Crippen LogP contribution is 2.26. The number of likely N-dealkylation sites (N-methyl/N-ethyl adjacent to an activating group) is 1. The molecular weight excluding hydrogens is 336 g/mol. The van der Waals surface area contributed by atoms with Gasteiger partial charge in [0, 0.05) is 38.6 Å². The van der Waals surface area contributed by atoms with Crippen LogP contribution in [0.3, 0.4) is 0 Å². The predicted octanol–water partition coefficient (Wildman–Crippen LogP) is 3.57. The summed E-state index contributed by atoms with van der Waals surface area (Å²) in [5.74, 6) is 1.53. The largest absolute Gasteiger partial charge is 0.355 e. The maximum atomic E-state index is 4.81. The van der Waals surface area contributed by atoms with E-state index in [1.165, 1.54) is 5.56 Å². The van der Waals surface area contributed by atoms with E-state index in [4.69, 9.17) is 9.97 Å². The summed E-state index contributed by atoms with van der Waals surface area (Å²) in [6, 6.07) is 14.1. The molecule has 1 aromatic carbocycles. The number of aromatic nitrogens is 5. The van der Waals surface area contributed by atoms with E-state index < -0.39 is 0 Å². The average Bonchev–Trinajstić information content (AvgIpc) is 3.09. The molecule has 0 saturated heterocycles. The molecule has 0 unspecified atom stereocenters. The second-order valence-corrected chi connectivity index (χ2v) is 6.31. The molecule has 0 N–H and O–H groups in total. The Morgan fingerprint density at radius 3 is 2.59 bits per heavy atom. The molecule has 0 spiro atoms. The van der Waals surface area contributed by atoms with Crippen molar-refractivity contribution in [3.8, 4) is 11.4 Å². The van der Waals surface area contributed by atoms with Gasteiger partial charge in [-0.15, -0.1) is 0 Å². The Kier molecular flexibility index (Phi) is 4.61. The van der Waals surface area contributed by atoms with Crippen LogP contribution in [0.25, 0.3) is 28.5 Å². The van der Waals surface area contributed by atoms with Gasteiger partial charge in [-0.3, -0.25) is 9.67 Å². The topological polar surface area (TPSA) is 59.7 Å². The molecule has 0 bridgehead atoms. The molecule has 4 rings (SSSR count). The fraction of sp³-hybridized carbons (Fsp3) is 0.143. The molecule has 6 nitrogen and oxygen atoms in total. The lowest BCUT2D eigenvalue weighted by Gasteiger charge is -2.18. The number of aryl methyl sites for hydroxylation is 1. The summed E-state index contributed by atoms with van der Waals surface area (Å²) in [6.07, 6.45) is 9.56. The number of hydrogen-bond acceptors (Lipinski definition) is 5. The molecule has 3 aromatic heterocycles. The smallest absolute Gasteiger partial charge is 0.164 e. The second kappa shape index (κ2) is 7.37. The van der Waals surface area contributed by atoms with Crippen LogP contribution in [-0.4, -0.2) is 38.3 Å². The Labute approximate surface area is 157 Å². The number of anilines is 1. The summed E-state index contributed by atoms with van der Waals surface area (Å²) >= 11 is 0. The summed E-state index contributed by atoms with van der Waals surface area (Å²) in [5, 5.41) is 5.29. The molecule has 0 radical (unpaired) electrons. The first-order valence-corrected chi connectivity index (χ1v) is 8.75. The van der Waals surface area contributed by atoms with E-state index in [2.05, 4.69) is 39.3 Å². The van der Waals surface area contributed by atoms with Gasteiger partial charge >= 0.3 is 0 Å². The van der Waals surface area contributed by atoms with Gasteiger partial charge in [-0.2, -0.15) is 5.10 Å². The fourth-order valence-corrected chi connectivity index (χ4v) is 2.93. The summed E-state index contributed by atoms with van der Waals surface area (Å²) in [4.78, 5) is 15.7. The minimum Gasteiger partial charge on any atom is -0.355 e. The van der Waals surface area contributed by atoms with Gasteiger partial charge in [0.05, 0.1) is 11.6 Å². The van der Waals surface area contributed by atoms with E-state index in [1.54, 1.807) is 17.1 Å². The van der Waals surface area contributed by atoms with Crippen LogP contribution in [0.1, 0.15) is 5.56 Å². The Bertz CT molecular complexity index is 1070. The highest BCUT2D eigenvalue weighted by Gasteiger charge is 2.15. The molecule has 0 saturated carbocycles. The van der Waals surface area contributed by atoms with Crippen molar-refractivity contribution in [2.45, 2.75) is 0 Å². The molecule has 3 heterocycles. The number of hydrogen-bond donors (Lipinski definition) is 0. The van der Waals surface area contributed by atoms with Gasteiger partial charge in [0.15, 0.2) is 11.5 Å². The van der Waals surface area contributed by atoms with Crippen LogP contribution in [0.5, 0.6) is 0 Å². The van der Waals surface area contributed by atoms with E-state index in [9.17, 15) is 0 Å². The Morgan fingerprint density at radius 1 is 1.04 bits per heavy atom. The van der Waals surface area contributed by atoms with Gasteiger partial charge < -0.3 is 4.90 Å². The van der Waals surface area contributed by atoms with Crippen molar-refractivity contribution in [1.29, 1.82) is 0 Å². The lowest BCUT2D eigenvalue weighted by atomic mass is 10.2. The average molecular weight is 356 g/mol. The quantitative estimate of drug-likeness (QED) is 0.547. The second-order valence-electron chi connectivity index (χ2n) is 6.31. The van der Waals surface area contributed by atoms with Crippen molar-refractivity contribution in [1.82, 2.24) is 24.7 Å². The fourth-order valence-electron chi connectivity index (χ4n) is 2.93. The van der Waals surface area contributed by atoms with Crippen LogP contribution in [0.2, 0.25) is 0 Å². The molecule has 0 atom stereocenters. The first-order chi connectivity index (χ1) is 13.2. The van der Waals surface area contributed by atoms with Crippen molar-refractivity contribution in [3.05, 3.63) is 72.7 Å². The molecule has 27 heavy (non-hydrogen) atoms. The zero-order chi connectivity index (χ0) is 18.6. The first kappa shape index (κ1) is 16.9. The number of pyridine rings is 1. The van der Waals surface area contributed by atoms with Crippen LogP contribution in [0, 0.1) is 0 Å². The molecule has 4 aromatic rings. The summed E-state index contributed by atoms with van der Waals surface area (Å²) < 4.78 is 1.78. The highest BCUT2D eigenvalue weighted by molar-refractivity contribution is 5.88. The molecule has 0 fully saturated rings. The molecule has 0 amide bonds. The third-order valence-electron chi connectivity index (χ3n) is 4.36. The van der Waals surface area contributed by atoms with Gasteiger partial charge in [0.1, 0.15) is 5.82 Å². The normalized spacial score (nSPS) is 11.3. The molecule has 6 heteroatoms. The number of fused-ring (bicyclic) bond motifs is 1. The van der Waals surface area contributed by atoms with Crippen molar-refractivity contribution < 1.29 is 0 Å². The third kappa shape index (κ3) is 3.55. The summed E-state index contributed by atoms with van der Waals surface area (Å²) in [6.45, 7) is 0.728. The maximum Gasteiger partial charge on any atom is 0.164 e. The summed E-state index contributed by atoms with van der Waals surface area (Å²) in [5.41, 5.74) is 2.92. The first-order valence-electron chi connectivity index (χ1n) is 8.75. The van der Waals surface area contributed by atoms with Crippen molar-refractivity contribution in [3.63, 3.8) is 0 Å². The monoisotopic (exact) mass is 356 g/mol. The molecule has 0 aliphatic heterocycles. The lowest BCUT2D eigenvalue weighted by molar-refractivity contribution is 0.785. The minimum atomic E-state index is 0.669. The van der Waals surface area contributed by atoms with E-state index in [0.29, 0.717) is 5.82 Å². The van der Waals surface area contributed by atoms with Gasteiger partial charge in [0.2, 0.25) is 0 Å². The van der Waals surface area contributed by atoms with E-state index in [-0.39, 0.29) is 0 Å². The van der Waals surface area contributed by atoms with Gasteiger partial charge in [-0.25, -0.2) is 9.97 Å². The standard InChI is InChI=1S/C21H20N6/c1-26(14-6-9-16-7-4-3-5-8-16)20-18-15-23-27(2)21(18)25-19(24-20)17-10-12-22-13-11-17/h3-13,15H,14H2,1-2H3/b9-6+. The maximum absolute atomic E-state index is 4.81. The Balaban J connectivity index is 1.68. The SMILES string of the molecule is CN(C/C=C/c1ccccc1)c1nc(-c2ccncc2)nc2c1cnn2C. The van der Waals surface area contributed by atoms with Gasteiger partial charge in [-0.05, 0) is 17.7 Å². The van der Waals surface area contributed by atoms with Crippen LogP contribution in [0.4, 0.5) is 5.82 Å². The summed E-state index contributed by atoms with van der Waals surface area (Å²) in [7, 11) is 3.92. The Morgan fingerprint density at radius 2 is 1.81 bits per heavy atom. The Hall–Kier alpha value is -3.54. The van der Waals surface area contributed by atoms with Crippen molar-refractivity contribution in [2.24, 2.45) is 7.05 Å². The van der Waals surface area contributed by atoms with E-state index >= 15 is 0 Å². The van der Waals surface area contributed by atoms with Crippen LogP contribution in [-0.2, 0) is 7.05 Å². The van der Waals surface area contributed by atoms with Crippen LogP contribution in [0.15, 0.2) is 67.1 Å². The molecular formula is C21H20N6. The third-order valence-corrected chi connectivity index (χ3v) is 4.36. The number of rotatable bonds is 5. The molecule has 0 aliphatic carbocycles.